The van der Waals surface area contributed by atoms with Gasteiger partial charge >= 0.3 is 0 Å². The SMILES string of the molecule is I.NC(=NCCCN1CCC(O)CC1)Nc1ccc2c(c1)CCC2. The summed E-state index contributed by atoms with van der Waals surface area (Å²) in [5, 5.41) is 12.7. The van der Waals surface area contributed by atoms with E-state index in [1.807, 2.05) is 0 Å². The molecule has 5 nitrogen and oxygen atoms in total. The monoisotopic (exact) mass is 444 g/mol. The number of nitrogens with two attached hydrogens (primary N) is 1. The van der Waals surface area contributed by atoms with Gasteiger partial charge in [0.25, 0.3) is 0 Å². The van der Waals surface area contributed by atoms with E-state index in [2.05, 4.69) is 33.4 Å². The number of piperidine rings is 1. The quantitative estimate of drug-likeness (QED) is 0.282. The summed E-state index contributed by atoms with van der Waals surface area (Å²) in [5.74, 6) is 0.497. The van der Waals surface area contributed by atoms with Gasteiger partial charge in [-0.1, -0.05) is 6.07 Å². The zero-order valence-corrected chi connectivity index (χ0v) is 16.5. The van der Waals surface area contributed by atoms with Gasteiger partial charge in [0, 0.05) is 25.3 Å². The smallest absolute Gasteiger partial charge is 0.193 e. The van der Waals surface area contributed by atoms with Crippen molar-refractivity contribution in [1.82, 2.24) is 4.90 Å². The molecule has 3 rings (SSSR count). The Morgan fingerprint density at radius 1 is 1.25 bits per heavy atom. The molecule has 4 N–H and O–H groups in total. The van der Waals surface area contributed by atoms with E-state index in [1.165, 1.54) is 30.4 Å². The number of hydrogen-bond acceptors (Lipinski definition) is 3. The fourth-order valence-electron chi connectivity index (χ4n) is 3.47. The summed E-state index contributed by atoms with van der Waals surface area (Å²) < 4.78 is 0. The summed E-state index contributed by atoms with van der Waals surface area (Å²) in [4.78, 5) is 6.81. The standard InChI is InChI=1S/C18H28N4O.HI/c19-18(20-9-2-10-22-11-7-17(23)8-12-22)21-16-6-5-14-3-1-4-15(14)13-16;/h5-6,13,17,23H,1-4,7-12H2,(H3,19,20,21);1H. The highest BCUT2D eigenvalue weighted by molar-refractivity contribution is 14.0. The molecule has 2 aliphatic rings. The number of nitrogens with one attached hydrogen (secondary N) is 1. The molecular weight excluding hydrogens is 415 g/mol. The maximum atomic E-state index is 9.50. The number of guanidine groups is 1. The maximum Gasteiger partial charge on any atom is 0.193 e. The van der Waals surface area contributed by atoms with Crippen molar-refractivity contribution in [2.75, 3.05) is 31.5 Å². The number of aryl methyl sites for hydroxylation is 2. The third-order valence-corrected chi connectivity index (χ3v) is 4.84. The van der Waals surface area contributed by atoms with E-state index >= 15 is 0 Å². The van der Waals surface area contributed by atoms with Crippen molar-refractivity contribution in [3.05, 3.63) is 29.3 Å². The summed E-state index contributed by atoms with van der Waals surface area (Å²) in [7, 11) is 0. The van der Waals surface area contributed by atoms with Gasteiger partial charge in [-0.3, -0.25) is 4.99 Å². The van der Waals surface area contributed by atoms with Crippen LogP contribution in [0, 0.1) is 0 Å². The first-order valence-electron chi connectivity index (χ1n) is 8.80. The molecule has 0 amide bonds. The predicted octanol–water partition coefficient (Wildman–Crippen LogP) is 2.37. The normalized spacial score (nSPS) is 19.0. The van der Waals surface area contributed by atoms with Gasteiger partial charge in [0.1, 0.15) is 0 Å². The summed E-state index contributed by atoms with van der Waals surface area (Å²) in [5.41, 5.74) is 9.93. The van der Waals surface area contributed by atoms with Gasteiger partial charge in [0.2, 0.25) is 0 Å². The van der Waals surface area contributed by atoms with Gasteiger partial charge in [0.05, 0.1) is 6.10 Å². The molecule has 1 heterocycles. The second-order valence-corrected chi connectivity index (χ2v) is 6.66. The van der Waals surface area contributed by atoms with Gasteiger partial charge in [-0.15, -0.1) is 24.0 Å². The second kappa shape index (κ2) is 9.58. The zero-order valence-electron chi connectivity index (χ0n) is 14.2. The highest BCUT2D eigenvalue weighted by Gasteiger charge is 2.16. The number of halogens is 1. The molecule has 1 fully saturated rings. The first-order chi connectivity index (χ1) is 11.2. The van der Waals surface area contributed by atoms with E-state index < -0.39 is 0 Å². The molecule has 1 aliphatic heterocycles. The first kappa shape index (κ1) is 19.5. The van der Waals surface area contributed by atoms with Gasteiger partial charge in [-0.25, -0.2) is 0 Å². The largest absolute Gasteiger partial charge is 0.393 e. The number of nitrogens with zero attached hydrogens (tertiary/aromatic N) is 2. The van der Waals surface area contributed by atoms with Gasteiger partial charge in [-0.2, -0.15) is 0 Å². The number of aliphatic imine (C=N–C) groups is 1. The Hall–Kier alpha value is -0.860. The Morgan fingerprint density at radius 3 is 2.79 bits per heavy atom. The number of fused-ring (bicyclic) bond motifs is 1. The molecule has 6 heteroatoms. The maximum absolute atomic E-state index is 9.50. The van der Waals surface area contributed by atoms with Crippen molar-refractivity contribution in [3.63, 3.8) is 0 Å². The fourth-order valence-corrected chi connectivity index (χ4v) is 3.47. The zero-order chi connectivity index (χ0) is 16.1. The van der Waals surface area contributed by atoms with Crippen LogP contribution in [-0.4, -0.2) is 48.2 Å². The van der Waals surface area contributed by atoms with Crippen molar-refractivity contribution in [2.24, 2.45) is 10.7 Å². The van der Waals surface area contributed by atoms with Crippen LogP contribution in [0.5, 0.6) is 0 Å². The Labute approximate surface area is 161 Å². The van der Waals surface area contributed by atoms with Crippen molar-refractivity contribution < 1.29 is 5.11 Å². The first-order valence-corrected chi connectivity index (χ1v) is 8.80. The summed E-state index contributed by atoms with van der Waals surface area (Å²) in [6.45, 7) is 3.76. The van der Waals surface area contributed by atoms with Crippen LogP contribution in [0.4, 0.5) is 5.69 Å². The molecular formula is C18H29IN4O. The van der Waals surface area contributed by atoms with E-state index in [9.17, 15) is 5.11 Å². The van der Waals surface area contributed by atoms with E-state index in [4.69, 9.17) is 5.73 Å². The third-order valence-electron chi connectivity index (χ3n) is 4.84. The van der Waals surface area contributed by atoms with Crippen LogP contribution < -0.4 is 11.1 Å². The topological polar surface area (TPSA) is 73.9 Å². The van der Waals surface area contributed by atoms with Crippen LogP contribution in [0.1, 0.15) is 36.8 Å². The van der Waals surface area contributed by atoms with Crippen LogP contribution >= 0.6 is 24.0 Å². The molecule has 0 unspecified atom stereocenters. The average Bonchev–Trinajstić information content (AvgIpc) is 3.01. The highest BCUT2D eigenvalue weighted by atomic mass is 127. The lowest BCUT2D eigenvalue weighted by atomic mass is 10.1. The number of hydrogen-bond donors (Lipinski definition) is 3. The van der Waals surface area contributed by atoms with E-state index in [-0.39, 0.29) is 30.1 Å². The number of aliphatic hydroxyl groups is 1. The number of rotatable bonds is 5. The summed E-state index contributed by atoms with van der Waals surface area (Å²) in [6.07, 6.45) is 6.32. The van der Waals surface area contributed by atoms with E-state index in [0.717, 1.165) is 51.1 Å². The van der Waals surface area contributed by atoms with Crippen LogP contribution in [0.3, 0.4) is 0 Å². The van der Waals surface area contributed by atoms with E-state index in [1.54, 1.807) is 0 Å². The lowest BCUT2D eigenvalue weighted by Crippen LogP contribution is -2.36. The minimum Gasteiger partial charge on any atom is -0.393 e. The molecule has 0 bridgehead atoms. The average molecular weight is 444 g/mol. The minimum absolute atomic E-state index is 0. The molecule has 0 spiro atoms. The Kier molecular flexibility index (Phi) is 7.77. The van der Waals surface area contributed by atoms with Gasteiger partial charge in [-0.05, 0) is 68.3 Å². The highest BCUT2D eigenvalue weighted by Crippen LogP contribution is 2.24. The van der Waals surface area contributed by atoms with Crippen LogP contribution in [-0.2, 0) is 12.8 Å². The minimum atomic E-state index is -0.101. The van der Waals surface area contributed by atoms with Crippen LogP contribution in [0.15, 0.2) is 23.2 Å². The van der Waals surface area contributed by atoms with Gasteiger partial charge < -0.3 is 21.1 Å². The van der Waals surface area contributed by atoms with Crippen molar-refractivity contribution in [1.29, 1.82) is 0 Å². The molecule has 1 aliphatic carbocycles. The molecule has 0 atom stereocenters. The summed E-state index contributed by atoms with van der Waals surface area (Å²) in [6, 6.07) is 6.48. The third kappa shape index (κ3) is 5.60. The molecule has 0 radical (unpaired) electrons. The number of aliphatic hydroxyl groups excluding tert-OH is 1. The number of anilines is 1. The Morgan fingerprint density at radius 2 is 2.00 bits per heavy atom. The summed E-state index contributed by atoms with van der Waals surface area (Å²) >= 11 is 0. The van der Waals surface area contributed by atoms with Crippen LogP contribution in [0.25, 0.3) is 0 Å². The van der Waals surface area contributed by atoms with E-state index in [0.29, 0.717) is 5.96 Å². The lowest BCUT2D eigenvalue weighted by molar-refractivity contribution is 0.0824. The molecule has 134 valence electrons. The van der Waals surface area contributed by atoms with Crippen molar-refractivity contribution in [3.8, 4) is 0 Å². The number of likely N-dealkylation sites (tertiary alicyclic amines) is 1. The van der Waals surface area contributed by atoms with Crippen LogP contribution in [0.2, 0.25) is 0 Å². The predicted molar refractivity (Wildman–Crippen MR) is 110 cm³/mol. The number of benzene rings is 1. The van der Waals surface area contributed by atoms with Crippen molar-refractivity contribution >= 4 is 35.6 Å². The molecule has 0 saturated carbocycles. The van der Waals surface area contributed by atoms with Crippen molar-refractivity contribution in [2.45, 2.75) is 44.6 Å². The fraction of sp³-hybridized carbons (Fsp3) is 0.611. The Balaban J connectivity index is 0.00000208. The lowest BCUT2D eigenvalue weighted by Gasteiger charge is -2.29. The van der Waals surface area contributed by atoms with Gasteiger partial charge in [0.15, 0.2) is 5.96 Å². The molecule has 1 aromatic carbocycles. The molecule has 1 aromatic rings. The Bertz CT molecular complexity index is 556. The molecule has 1 saturated heterocycles. The second-order valence-electron chi connectivity index (χ2n) is 6.66. The molecule has 24 heavy (non-hydrogen) atoms. The molecule has 0 aromatic heterocycles.